The number of amides is 1. The number of rotatable bonds is 4. The molecule has 1 aliphatic rings. The first-order valence-corrected chi connectivity index (χ1v) is 10.1. The number of hydrogen-bond acceptors (Lipinski definition) is 4. The van der Waals surface area contributed by atoms with Crippen molar-refractivity contribution in [2.45, 2.75) is 6.04 Å². The Morgan fingerprint density at radius 3 is 2.26 bits per heavy atom. The van der Waals surface area contributed by atoms with Crippen LogP contribution in [0.25, 0.3) is 0 Å². The van der Waals surface area contributed by atoms with Gasteiger partial charge < -0.3 is 9.64 Å². The third-order valence-corrected chi connectivity index (χ3v) is 5.75. The van der Waals surface area contributed by atoms with Crippen LogP contribution in [0.15, 0.2) is 48.5 Å². The molecule has 1 amide bonds. The van der Waals surface area contributed by atoms with Crippen molar-refractivity contribution in [2.75, 3.05) is 33.3 Å². The van der Waals surface area contributed by atoms with Crippen molar-refractivity contribution in [1.82, 2.24) is 9.80 Å². The third kappa shape index (κ3) is 4.62. The first kappa shape index (κ1) is 20.1. The lowest BCUT2D eigenvalue weighted by Crippen LogP contribution is -2.51. The zero-order valence-corrected chi connectivity index (χ0v) is 17.8. The number of hydrogen-bond donors (Lipinski definition) is 0. The van der Waals surface area contributed by atoms with Crippen LogP contribution in [0.1, 0.15) is 22.0 Å². The molecular formula is C20H20ClIN2O3. The average molecular weight is 499 g/mol. The largest absolute Gasteiger partial charge is 0.468 e. The zero-order chi connectivity index (χ0) is 19.4. The van der Waals surface area contributed by atoms with Crippen molar-refractivity contribution in [3.05, 3.63) is 68.3 Å². The van der Waals surface area contributed by atoms with Crippen molar-refractivity contribution < 1.29 is 14.3 Å². The topological polar surface area (TPSA) is 49.9 Å². The molecule has 1 fully saturated rings. The van der Waals surface area contributed by atoms with Crippen molar-refractivity contribution in [3.8, 4) is 0 Å². The predicted octanol–water partition coefficient (Wildman–Crippen LogP) is 3.62. The molecule has 1 atom stereocenters. The normalized spacial score (nSPS) is 16.0. The van der Waals surface area contributed by atoms with Crippen LogP contribution in [0.4, 0.5) is 0 Å². The molecule has 1 heterocycles. The van der Waals surface area contributed by atoms with Gasteiger partial charge in [-0.05, 0) is 58.5 Å². The Balaban J connectivity index is 1.72. The number of nitrogens with zero attached hydrogens (tertiary/aromatic N) is 2. The van der Waals surface area contributed by atoms with E-state index < -0.39 is 6.04 Å². The minimum atomic E-state index is -0.570. The second kappa shape index (κ2) is 9.03. The van der Waals surface area contributed by atoms with Gasteiger partial charge in [0.1, 0.15) is 6.04 Å². The molecule has 0 aromatic heterocycles. The summed E-state index contributed by atoms with van der Waals surface area (Å²) in [7, 11) is 1.38. The fourth-order valence-electron chi connectivity index (χ4n) is 3.24. The molecule has 142 valence electrons. The molecule has 1 aliphatic heterocycles. The van der Waals surface area contributed by atoms with E-state index in [9.17, 15) is 9.59 Å². The molecule has 5 nitrogen and oxygen atoms in total. The van der Waals surface area contributed by atoms with Gasteiger partial charge in [0.15, 0.2) is 0 Å². The SMILES string of the molecule is COC(=O)C(c1ccccc1Cl)N1CCN(C(=O)c2ccc(I)cc2)CC1. The maximum atomic E-state index is 12.7. The summed E-state index contributed by atoms with van der Waals surface area (Å²) < 4.78 is 6.10. The number of halogens is 2. The quantitative estimate of drug-likeness (QED) is 0.477. The molecule has 1 unspecified atom stereocenters. The number of esters is 1. The lowest BCUT2D eigenvalue weighted by atomic mass is 10.0. The van der Waals surface area contributed by atoms with Crippen molar-refractivity contribution in [1.29, 1.82) is 0 Å². The number of carbonyl (C=O) groups excluding carboxylic acids is 2. The van der Waals surface area contributed by atoms with E-state index in [-0.39, 0.29) is 11.9 Å². The Labute approximate surface area is 177 Å². The summed E-state index contributed by atoms with van der Waals surface area (Å²) in [5, 5.41) is 0.533. The summed E-state index contributed by atoms with van der Waals surface area (Å²) in [4.78, 5) is 29.0. The number of methoxy groups -OCH3 is 1. The molecule has 3 rings (SSSR count). The van der Waals surface area contributed by atoms with Crippen LogP contribution in [0.5, 0.6) is 0 Å². The molecule has 2 aromatic carbocycles. The Morgan fingerprint density at radius 2 is 1.67 bits per heavy atom. The van der Waals surface area contributed by atoms with Gasteiger partial charge in [-0.3, -0.25) is 9.69 Å². The van der Waals surface area contributed by atoms with Gasteiger partial charge >= 0.3 is 5.97 Å². The number of benzene rings is 2. The molecule has 0 bridgehead atoms. The summed E-state index contributed by atoms with van der Waals surface area (Å²) >= 11 is 8.53. The number of piperazine rings is 1. The van der Waals surface area contributed by atoms with Crippen LogP contribution in [0.3, 0.4) is 0 Å². The van der Waals surface area contributed by atoms with Gasteiger partial charge in [-0.2, -0.15) is 0 Å². The molecular weight excluding hydrogens is 479 g/mol. The fourth-order valence-corrected chi connectivity index (χ4v) is 3.84. The summed E-state index contributed by atoms with van der Waals surface area (Å²) in [6.45, 7) is 2.23. The Morgan fingerprint density at radius 1 is 1.04 bits per heavy atom. The van der Waals surface area contributed by atoms with Crippen LogP contribution >= 0.6 is 34.2 Å². The molecule has 0 saturated carbocycles. The van der Waals surface area contributed by atoms with E-state index in [4.69, 9.17) is 16.3 Å². The van der Waals surface area contributed by atoms with E-state index in [0.717, 1.165) is 9.13 Å². The summed E-state index contributed by atoms with van der Waals surface area (Å²) in [5.74, 6) is -0.334. The second-order valence-corrected chi connectivity index (χ2v) is 7.94. The number of carbonyl (C=O) groups is 2. The molecule has 0 N–H and O–H groups in total. The third-order valence-electron chi connectivity index (χ3n) is 4.68. The van der Waals surface area contributed by atoms with Crippen molar-refractivity contribution in [2.24, 2.45) is 0 Å². The van der Waals surface area contributed by atoms with Gasteiger partial charge in [0.2, 0.25) is 0 Å². The lowest BCUT2D eigenvalue weighted by Gasteiger charge is -2.38. The first-order chi connectivity index (χ1) is 13.0. The van der Waals surface area contributed by atoms with E-state index >= 15 is 0 Å². The fraction of sp³-hybridized carbons (Fsp3) is 0.300. The van der Waals surface area contributed by atoms with E-state index in [1.54, 1.807) is 6.07 Å². The summed E-state index contributed by atoms with van der Waals surface area (Å²) in [6.07, 6.45) is 0. The molecule has 0 radical (unpaired) electrons. The summed E-state index contributed by atoms with van der Waals surface area (Å²) in [6, 6.07) is 14.3. The first-order valence-electron chi connectivity index (χ1n) is 8.62. The highest BCUT2D eigenvalue weighted by Crippen LogP contribution is 2.29. The average Bonchev–Trinajstić information content (AvgIpc) is 2.70. The summed E-state index contributed by atoms with van der Waals surface area (Å²) in [5.41, 5.74) is 1.41. The Kier molecular flexibility index (Phi) is 6.73. The zero-order valence-electron chi connectivity index (χ0n) is 14.9. The van der Waals surface area contributed by atoms with Crippen LogP contribution in [0, 0.1) is 3.57 Å². The van der Waals surface area contributed by atoms with Gasteiger partial charge in [-0.1, -0.05) is 29.8 Å². The van der Waals surface area contributed by atoms with Crippen LogP contribution in [-0.2, 0) is 9.53 Å². The molecule has 1 saturated heterocycles. The van der Waals surface area contributed by atoms with Gasteiger partial charge in [0.25, 0.3) is 5.91 Å². The maximum Gasteiger partial charge on any atom is 0.327 e. The Bertz CT molecular complexity index is 820. The lowest BCUT2D eigenvalue weighted by molar-refractivity contribution is -0.148. The van der Waals surface area contributed by atoms with Crippen molar-refractivity contribution in [3.63, 3.8) is 0 Å². The van der Waals surface area contributed by atoms with Gasteiger partial charge in [0.05, 0.1) is 7.11 Å². The van der Waals surface area contributed by atoms with Crippen molar-refractivity contribution >= 4 is 46.1 Å². The highest BCUT2D eigenvalue weighted by atomic mass is 127. The van der Waals surface area contributed by atoms with Crippen LogP contribution < -0.4 is 0 Å². The maximum absolute atomic E-state index is 12.7. The van der Waals surface area contributed by atoms with Gasteiger partial charge in [-0.15, -0.1) is 0 Å². The smallest absolute Gasteiger partial charge is 0.327 e. The molecule has 0 aliphatic carbocycles. The molecule has 27 heavy (non-hydrogen) atoms. The Hall–Kier alpha value is -1.64. The van der Waals surface area contributed by atoms with E-state index in [0.29, 0.717) is 36.8 Å². The number of ether oxygens (including phenoxy) is 1. The minimum absolute atomic E-state index is 0.0124. The van der Waals surface area contributed by atoms with Crippen LogP contribution in [0.2, 0.25) is 5.02 Å². The van der Waals surface area contributed by atoms with E-state index in [2.05, 4.69) is 22.6 Å². The predicted molar refractivity (Wildman–Crippen MR) is 113 cm³/mol. The van der Waals surface area contributed by atoms with Gasteiger partial charge in [0, 0.05) is 40.3 Å². The second-order valence-electron chi connectivity index (χ2n) is 6.28. The monoisotopic (exact) mass is 498 g/mol. The highest BCUT2D eigenvalue weighted by Gasteiger charge is 2.33. The molecule has 7 heteroatoms. The highest BCUT2D eigenvalue weighted by molar-refractivity contribution is 14.1. The van der Waals surface area contributed by atoms with E-state index in [1.807, 2.05) is 52.3 Å². The standard InChI is InChI=1S/C20H20ClIN2O3/c1-27-20(26)18(16-4-2-3-5-17(16)21)23-10-12-24(13-11-23)19(25)14-6-8-15(22)9-7-14/h2-9,18H,10-13H2,1H3. The molecule has 2 aromatic rings. The molecule has 0 spiro atoms. The van der Waals surface area contributed by atoms with Gasteiger partial charge in [-0.25, -0.2) is 4.79 Å². The van der Waals surface area contributed by atoms with Crippen LogP contribution in [-0.4, -0.2) is 55.0 Å². The minimum Gasteiger partial charge on any atom is -0.468 e. The van der Waals surface area contributed by atoms with E-state index in [1.165, 1.54) is 7.11 Å².